The Balaban J connectivity index is 0.00000408. The van der Waals surface area contributed by atoms with Crippen LogP contribution in [0.25, 0.3) is 0 Å². The van der Waals surface area contributed by atoms with Gasteiger partial charge in [-0.15, -0.1) is 0 Å². The topological polar surface area (TPSA) is 116 Å². The maximum Gasteiger partial charge on any atom is 0.311 e. The molecule has 1 aliphatic rings. The monoisotopic (exact) mass is 506 g/mol. The first-order valence-electron chi connectivity index (χ1n) is 11.3. The summed E-state index contributed by atoms with van der Waals surface area (Å²) in [5.41, 5.74) is 5.36. The van der Waals surface area contributed by atoms with Crippen LogP contribution < -0.4 is 15.8 Å². The van der Waals surface area contributed by atoms with Gasteiger partial charge in [0.2, 0.25) is 17.5 Å². The van der Waals surface area contributed by atoms with Gasteiger partial charge in [-0.1, -0.05) is 52.0 Å². The molecule has 0 heterocycles. The first kappa shape index (κ1) is 27.3. The molecule has 34 heavy (non-hydrogen) atoms. The van der Waals surface area contributed by atoms with E-state index in [0.29, 0.717) is 12.8 Å². The molecule has 0 fully saturated rings. The van der Waals surface area contributed by atoms with Crippen LogP contribution in [0.2, 0.25) is 0 Å². The van der Waals surface area contributed by atoms with Crippen LogP contribution in [0.1, 0.15) is 91.1 Å². The number of carbonyl (C=O) groups is 4. The number of esters is 1. The molecule has 7 nitrogen and oxygen atoms in total. The van der Waals surface area contributed by atoms with Gasteiger partial charge in [0.1, 0.15) is 5.75 Å². The van der Waals surface area contributed by atoms with E-state index >= 15 is 0 Å². The third-order valence-corrected chi connectivity index (χ3v) is 5.81. The van der Waals surface area contributed by atoms with Crippen molar-refractivity contribution in [3.05, 3.63) is 58.7 Å². The summed E-state index contributed by atoms with van der Waals surface area (Å²) < 4.78 is 5.66. The zero-order chi connectivity index (χ0) is 24.3. The Morgan fingerprint density at radius 2 is 1.71 bits per heavy atom. The van der Waals surface area contributed by atoms with E-state index in [9.17, 15) is 19.2 Å². The van der Waals surface area contributed by atoms with E-state index < -0.39 is 29.0 Å². The van der Waals surface area contributed by atoms with Crippen LogP contribution in [0.3, 0.4) is 0 Å². The molecule has 0 aromatic heterocycles. The first-order chi connectivity index (χ1) is 15.7. The number of nitrogens with two attached hydrogens (primary N) is 1. The minimum atomic E-state index is -2.05. The van der Waals surface area contributed by atoms with Gasteiger partial charge in [-0.2, -0.15) is 0 Å². The molecule has 0 saturated heterocycles. The summed E-state index contributed by atoms with van der Waals surface area (Å²) in [4.78, 5) is 52.8. The molecule has 182 valence electrons. The Morgan fingerprint density at radius 1 is 1.03 bits per heavy atom. The van der Waals surface area contributed by atoms with Crippen LogP contribution >= 0.6 is 0 Å². The summed E-state index contributed by atoms with van der Waals surface area (Å²) in [6, 6.07) is 9.68. The smallest absolute Gasteiger partial charge is 0.311 e. The molecule has 0 radical (unpaired) electrons. The fourth-order valence-electron chi connectivity index (χ4n) is 4.10. The van der Waals surface area contributed by atoms with E-state index in [2.05, 4.69) is 5.32 Å². The van der Waals surface area contributed by atoms with Crippen molar-refractivity contribution >= 4 is 29.1 Å². The predicted molar refractivity (Wildman–Crippen MR) is 125 cm³/mol. The molecule has 1 amide bonds. The van der Waals surface area contributed by atoms with Crippen LogP contribution in [0.4, 0.5) is 5.69 Å². The number of fused-ring (bicyclic) bond motifs is 1. The molecule has 3 N–H and O–H groups in total. The molecule has 3 rings (SSSR count). The Hall–Kier alpha value is -2.96. The normalized spacial score (nSPS) is 16.7. The molecule has 0 spiro atoms. The number of rotatable bonds is 8. The molecule has 1 aliphatic carbocycles. The van der Waals surface area contributed by atoms with Crippen LogP contribution in [0.15, 0.2) is 36.4 Å². The average Bonchev–Trinajstić information content (AvgIpc) is 2.97. The van der Waals surface area contributed by atoms with Crippen LogP contribution in [-0.2, 0) is 32.2 Å². The molecule has 8 heteroatoms. The summed E-state index contributed by atoms with van der Waals surface area (Å²) in [5.74, 6) is -1.96. The third-order valence-electron chi connectivity index (χ3n) is 5.81. The zero-order valence-corrected chi connectivity index (χ0v) is 20.9. The van der Waals surface area contributed by atoms with Crippen molar-refractivity contribution in [2.75, 3.05) is 5.73 Å². The predicted octanol–water partition coefficient (Wildman–Crippen LogP) is 4.29. The standard InChI is InChI=1S/C26H30N2O5.Fe/c1-5-8-21(29)28-26(24(31)17-10-7-11-19(27)23(17)25(26)32)18-13-12-16(15(3)4)14-20(18)33-22(30)9-6-2;/h7,10-15H,5-6,8-9,27H2,1-4H3,(H,28,29);. The number of nitrogen functional groups attached to an aromatic ring is 1. The second kappa shape index (κ2) is 11.0. The maximum atomic E-state index is 13.8. The minimum absolute atomic E-state index is 0. The summed E-state index contributed by atoms with van der Waals surface area (Å²) in [5, 5.41) is 2.69. The number of anilines is 1. The molecule has 1 atom stereocenters. The van der Waals surface area contributed by atoms with Crippen molar-refractivity contribution < 1.29 is 41.0 Å². The van der Waals surface area contributed by atoms with Crippen molar-refractivity contribution in [1.29, 1.82) is 0 Å². The van der Waals surface area contributed by atoms with Gasteiger partial charge in [-0.3, -0.25) is 19.2 Å². The zero-order valence-electron chi connectivity index (χ0n) is 19.8. The van der Waals surface area contributed by atoms with E-state index in [4.69, 9.17) is 10.5 Å². The molecule has 2 aromatic carbocycles. The van der Waals surface area contributed by atoms with E-state index in [1.807, 2.05) is 27.7 Å². The number of carbonyl (C=O) groups excluding carboxylic acids is 4. The number of amides is 1. The van der Waals surface area contributed by atoms with Crippen LogP contribution in [0.5, 0.6) is 5.75 Å². The molecular formula is C26H30FeN2O5. The maximum absolute atomic E-state index is 13.8. The van der Waals surface area contributed by atoms with Gasteiger partial charge < -0.3 is 15.8 Å². The number of nitrogens with one attached hydrogen (secondary N) is 1. The Morgan fingerprint density at radius 3 is 2.29 bits per heavy atom. The molecule has 0 saturated carbocycles. The van der Waals surface area contributed by atoms with Gasteiger partial charge in [-0.05, 0) is 36.5 Å². The quantitative estimate of drug-likeness (QED) is 0.182. The van der Waals surface area contributed by atoms with Gasteiger partial charge in [0, 0.05) is 46.7 Å². The molecule has 0 aliphatic heterocycles. The van der Waals surface area contributed by atoms with E-state index in [0.717, 1.165) is 5.56 Å². The second-order valence-electron chi connectivity index (χ2n) is 8.61. The average molecular weight is 506 g/mol. The van der Waals surface area contributed by atoms with Crippen molar-refractivity contribution in [2.45, 2.75) is 64.8 Å². The van der Waals surface area contributed by atoms with Gasteiger partial charge in [0.25, 0.3) is 0 Å². The molecular weight excluding hydrogens is 476 g/mol. The van der Waals surface area contributed by atoms with Crippen LogP contribution in [0, 0.1) is 0 Å². The van der Waals surface area contributed by atoms with Gasteiger partial charge in [0.05, 0.1) is 5.56 Å². The van der Waals surface area contributed by atoms with Gasteiger partial charge >= 0.3 is 5.97 Å². The Kier molecular flexibility index (Phi) is 8.81. The number of ketones is 2. The summed E-state index contributed by atoms with van der Waals surface area (Å²) >= 11 is 0. The molecule has 2 aromatic rings. The van der Waals surface area contributed by atoms with E-state index in [-0.39, 0.29) is 64.0 Å². The summed E-state index contributed by atoms with van der Waals surface area (Å²) in [6.45, 7) is 7.64. The van der Waals surface area contributed by atoms with Crippen molar-refractivity contribution in [2.24, 2.45) is 0 Å². The molecule has 1 unspecified atom stereocenters. The van der Waals surface area contributed by atoms with Gasteiger partial charge in [0.15, 0.2) is 5.54 Å². The summed E-state index contributed by atoms with van der Waals surface area (Å²) in [6.07, 6.45) is 1.42. The fraction of sp³-hybridized carbons (Fsp3) is 0.385. The SMILES string of the molecule is CCCC(=O)NC1(c2ccc(C(C)C)cc2OC(=O)CCC)C(=O)c2cccc(N)c2C1=O.[Fe]. The van der Waals surface area contributed by atoms with Crippen molar-refractivity contribution in [3.63, 3.8) is 0 Å². The number of Topliss-reactive ketones (excluding diaryl/α,β-unsaturated/α-hetero) is 2. The fourth-order valence-corrected chi connectivity index (χ4v) is 4.10. The van der Waals surface area contributed by atoms with Crippen LogP contribution in [-0.4, -0.2) is 23.4 Å². The Labute approximate surface area is 210 Å². The number of hydrogen-bond acceptors (Lipinski definition) is 6. The number of ether oxygens (including phenoxy) is 1. The van der Waals surface area contributed by atoms with E-state index in [1.54, 1.807) is 24.3 Å². The minimum Gasteiger partial charge on any atom is -0.426 e. The largest absolute Gasteiger partial charge is 0.426 e. The van der Waals surface area contributed by atoms with Crippen molar-refractivity contribution in [1.82, 2.24) is 5.32 Å². The van der Waals surface area contributed by atoms with E-state index in [1.165, 1.54) is 12.1 Å². The Bertz CT molecular complexity index is 1130. The van der Waals surface area contributed by atoms with Crippen molar-refractivity contribution in [3.8, 4) is 5.75 Å². The van der Waals surface area contributed by atoms with Gasteiger partial charge in [-0.25, -0.2) is 0 Å². The number of benzene rings is 2. The number of hydrogen-bond donors (Lipinski definition) is 2. The third kappa shape index (κ3) is 4.79. The summed E-state index contributed by atoms with van der Waals surface area (Å²) in [7, 11) is 0. The second-order valence-corrected chi connectivity index (χ2v) is 8.61. The molecule has 0 bridgehead atoms. The first-order valence-corrected chi connectivity index (χ1v) is 11.3.